The van der Waals surface area contributed by atoms with E-state index in [1.165, 1.54) is 0 Å². The van der Waals surface area contributed by atoms with Crippen molar-refractivity contribution in [3.8, 4) is 0 Å². The second kappa shape index (κ2) is 5.19. The Labute approximate surface area is 124 Å². The van der Waals surface area contributed by atoms with E-state index in [9.17, 15) is 4.79 Å². The first-order valence-corrected chi connectivity index (χ1v) is 6.69. The number of carbonyl (C=O) groups is 1. The first-order valence-electron chi connectivity index (χ1n) is 5.87. The number of halogens is 2. The highest BCUT2D eigenvalue weighted by Crippen LogP contribution is 2.30. The lowest BCUT2D eigenvalue weighted by Gasteiger charge is -2.03. The maximum Gasteiger partial charge on any atom is 0.268 e. The number of hydrogen-bond donors (Lipinski definition) is 1. The summed E-state index contributed by atoms with van der Waals surface area (Å²) in [6, 6.07) is 13.2. The van der Waals surface area contributed by atoms with Gasteiger partial charge in [0.15, 0.2) is 0 Å². The van der Waals surface area contributed by atoms with Crippen LogP contribution in [0.2, 0.25) is 0 Å². The van der Waals surface area contributed by atoms with Crippen molar-refractivity contribution < 1.29 is 9.21 Å². The van der Waals surface area contributed by atoms with Gasteiger partial charge in [-0.1, -0.05) is 41.4 Å². The van der Waals surface area contributed by atoms with Gasteiger partial charge in [0.1, 0.15) is 16.2 Å². The highest BCUT2D eigenvalue weighted by atomic mass is 35.5. The van der Waals surface area contributed by atoms with Crippen LogP contribution >= 0.6 is 23.2 Å². The third kappa shape index (κ3) is 2.26. The van der Waals surface area contributed by atoms with Crippen LogP contribution < -0.4 is 5.32 Å². The minimum atomic E-state index is -0.461. The summed E-state index contributed by atoms with van der Waals surface area (Å²) in [6.45, 7) is 0. The van der Waals surface area contributed by atoms with Crippen LogP contribution in [0, 0.1) is 0 Å². The standard InChI is InChI=1S/C15H9Cl2NO2/c16-8-12(17)15(19)18-9-5-6-11-10-3-1-2-4-13(10)20-14(11)7-9/h1-8H,(H,18,19)/b12-8-. The van der Waals surface area contributed by atoms with Crippen molar-refractivity contribution in [1.29, 1.82) is 0 Å². The molecule has 2 aromatic carbocycles. The van der Waals surface area contributed by atoms with Crippen LogP contribution in [-0.2, 0) is 4.79 Å². The molecule has 3 rings (SSSR count). The fourth-order valence-corrected chi connectivity index (χ4v) is 2.19. The van der Waals surface area contributed by atoms with Crippen molar-refractivity contribution >= 4 is 56.7 Å². The highest BCUT2D eigenvalue weighted by Gasteiger charge is 2.10. The summed E-state index contributed by atoms with van der Waals surface area (Å²) in [5, 5.41) is 4.61. The molecule has 0 atom stereocenters. The largest absolute Gasteiger partial charge is 0.456 e. The van der Waals surface area contributed by atoms with Gasteiger partial charge in [-0.25, -0.2) is 0 Å². The summed E-state index contributed by atoms with van der Waals surface area (Å²) in [5.41, 5.74) is 3.13. The van der Waals surface area contributed by atoms with Crippen molar-refractivity contribution in [2.24, 2.45) is 0 Å². The average Bonchev–Trinajstić information content (AvgIpc) is 2.83. The van der Waals surface area contributed by atoms with Gasteiger partial charge in [0, 0.05) is 28.1 Å². The molecule has 3 aromatic rings. The van der Waals surface area contributed by atoms with Gasteiger partial charge in [0.25, 0.3) is 5.91 Å². The van der Waals surface area contributed by atoms with Gasteiger partial charge in [-0.05, 0) is 18.2 Å². The van der Waals surface area contributed by atoms with Crippen molar-refractivity contribution in [3.63, 3.8) is 0 Å². The number of benzene rings is 2. The van der Waals surface area contributed by atoms with Crippen LogP contribution in [0.4, 0.5) is 5.69 Å². The van der Waals surface area contributed by atoms with Gasteiger partial charge in [-0.3, -0.25) is 4.79 Å². The number of amides is 1. The molecule has 5 heteroatoms. The molecule has 0 bridgehead atoms. The van der Waals surface area contributed by atoms with Gasteiger partial charge in [-0.15, -0.1) is 0 Å². The Balaban J connectivity index is 2.03. The third-order valence-electron chi connectivity index (χ3n) is 2.95. The molecule has 3 nitrogen and oxygen atoms in total. The number of nitrogens with one attached hydrogen (secondary N) is 1. The molecule has 0 aliphatic heterocycles. The summed E-state index contributed by atoms with van der Waals surface area (Å²) < 4.78 is 5.74. The lowest BCUT2D eigenvalue weighted by atomic mass is 10.1. The molecule has 0 radical (unpaired) electrons. The average molecular weight is 306 g/mol. The minimum Gasteiger partial charge on any atom is -0.456 e. The zero-order valence-electron chi connectivity index (χ0n) is 10.2. The summed E-state index contributed by atoms with van der Waals surface area (Å²) in [6.07, 6.45) is 0. The maximum absolute atomic E-state index is 11.6. The number of furan rings is 1. The zero-order chi connectivity index (χ0) is 14.1. The second-order valence-corrected chi connectivity index (χ2v) is 4.85. The number of para-hydroxylation sites is 1. The van der Waals surface area contributed by atoms with Crippen LogP contribution in [0.15, 0.2) is 57.4 Å². The van der Waals surface area contributed by atoms with E-state index in [0.29, 0.717) is 11.3 Å². The van der Waals surface area contributed by atoms with Gasteiger partial charge < -0.3 is 9.73 Å². The molecular weight excluding hydrogens is 297 g/mol. The number of fused-ring (bicyclic) bond motifs is 3. The quantitative estimate of drug-likeness (QED) is 0.688. The number of carbonyl (C=O) groups excluding carboxylic acids is 1. The lowest BCUT2D eigenvalue weighted by molar-refractivity contribution is -0.112. The summed E-state index contributed by atoms with van der Waals surface area (Å²) >= 11 is 11.0. The van der Waals surface area contributed by atoms with E-state index < -0.39 is 5.91 Å². The van der Waals surface area contributed by atoms with E-state index in [1.807, 2.05) is 30.3 Å². The Hall–Kier alpha value is -1.97. The normalized spacial score (nSPS) is 12.0. The molecule has 0 saturated heterocycles. The van der Waals surface area contributed by atoms with E-state index >= 15 is 0 Å². The lowest BCUT2D eigenvalue weighted by Crippen LogP contribution is -2.10. The molecule has 0 saturated carbocycles. The van der Waals surface area contributed by atoms with Gasteiger partial charge in [0.05, 0.1) is 0 Å². The monoisotopic (exact) mass is 305 g/mol. The van der Waals surface area contributed by atoms with E-state index in [-0.39, 0.29) is 5.03 Å². The molecule has 1 aromatic heterocycles. The molecule has 100 valence electrons. The summed E-state index contributed by atoms with van der Waals surface area (Å²) in [5.74, 6) is -0.461. The molecule has 0 unspecified atom stereocenters. The fraction of sp³-hybridized carbons (Fsp3) is 0. The Kier molecular flexibility index (Phi) is 3.38. The van der Waals surface area contributed by atoms with E-state index in [1.54, 1.807) is 12.1 Å². The molecule has 0 aliphatic carbocycles. The van der Waals surface area contributed by atoms with Crippen molar-refractivity contribution in [3.05, 3.63) is 53.0 Å². The fourth-order valence-electron chi connectivity index (χ4n) is 2.04. The molecule has 0 fully saturated rings. The molecular formula is C15H9Cl2NO2. The van der Waals surface area contributed by atoms with Crippen LogP contribution in [0.3, 0.4) is 0 Å². The molecule has 20 heavy (non-hydrogen) atoms. The Bertz CT molecular complexity index is 836. The molecule has 1 amide bonds. The summed E-state index contributed by atoms with van der Waals surface area (Å²) in [4.78, 5) is 11.6. The van der Waals surface area contributed by atoms with Gasteiger partial charge in [0.2, 0.25) is 0 Å². The minimum absolute atomic E-state index is 0.0728. The number of hydrogen-bond acceptors (Lipinski definition) is 2. The highest BCUT2D eigenvalue weighted by molar-refractivity contribution is 6.47. The Morgan fingerprint density at radius 3 is 2.65 bits per heavy atom. The predicted molar refractivity (Wildman–Crippen MR) is 82.1 cm³/mol. The van der Waals surface area contributed by atoms with Crippen LogP contribution in [0.1, 0.15) is 0 Å². The van der Waals surface area contributed by atoms with Crippen molar-refractivity contribution in [2.45, 2.75) is 0 Å². The first kappa shape index (κ1) is 13.0. The molecule has 1 heterocycles. The van der Waals surface area contributed by atoms with E-state index in [0.717, 1.165) is 21.9 Å². The van der Waals surface area contributed by atoms with E-state index in [4.69, 9.17) is 27.6 Å². The van der Waals surface area contributed by atoms with Crippen LogP contribution in [0.5, 0.6) is 0 Å². The van der Waals surface area contributed by atoms with Crippen LogP contribution in [-0.4, -0.2) is 5.91 Å². The Morgan fingerprint density at radius 2 is 1.85 bits per heavy atom. The summed E-state index contributed by atoms with van der Waals surface area (Å²) in [7, 11) is 0. The second-order valence-electron chi connectivity index (χ2n) is 4.22. The van der Waals surface area contributed by atoms with Gasteiger partial charge >= 0.3 is 0 Å². The number of rotatable bonds is 2. The topological polar surface area (TPSA) is 42.2 Å². The molecule has 0 spiro atoms. The first-order chi connectivity index (χ1) is 9.69. The predicted octanol–water partition coefficient (Wildman–Crippen LogP) is 4.84. The smallest absolute Gasteiger partial charge is 0.268 e. The van der Waals surface area contributed by atoms with Crippen molar-refractivity contribution in [1.82, 2.24) is 0 Å². The van der Waals surface area contributed by atoms with Crippen molar-refractivity contribution in [2.75, 3.05) is 5.32 Å². The molecule has 0 aliphatic rings. The third-order valence-corrected chi connectivity index (χ3v) is 3.56. The SMILES string of the molecule is O=C(Nc1ccc2c(c1)oc1ccccc12)/C(Cl)=C/Cl. The van der Waals surface area contributed by atoms with E-state index in [2.05, 4.69) is 5.32 Å². The molecule has 1 N–H and O–H groups in total. The zero-order valence-corrected chi connectivity index (χ0v) is 11.7. The van der Waals surface area contributed by atoms with Crippen LogP contribution in [0.25, 0.3) is 21.9 Å². The Morgan fingerprint density at radius 1 is 1.10 bits per heavy atom. The number of anilines is 1. The maximum atomic E-state index is 11.6. The van der Waals surface area contributed by atoms with Gasteiger partial charge in [-0.2, -0.15) is 0 Å².